The summed E-state index contributed by atoms with van der Waals surface area (Å²) in [6.07, 6.45) is 13.7. The van der Waals surface area contributed by atoms with Crippen molar-refractivity contribution in [3.8, 4) is 0 Å². The first-order valence-electron chi connectivity index (χ1n) is 8.93. The Hall–Kier alpha value is 0.499. The molecular weight excluding hydrogens is 351 g/mol. The predicted octanol–water partition coefficient (Wildman–Crippen LogP) is 6.16. The summed E-state index contributed by atoms with van der Waals surface area (Å²) < 4.78 is 6.18. The van der Waals surface area contributed by atoms with Gasteiger partial charge in [0.05, 0.1) is 0 Å². The Labute approximate surface area is 132 Å². The quantitative estimate of drug-likeness (QED) is 0.295. The van der Waals surface area contributed by atoms with Gasteiger partial charge in [0.1, 0.15) is 0 Å². The van der Waals surface area contributed by atoms with Crippen LogP contribution < -0.4 is 0 Å². The van der Waals surface area contributed by atoms with Crippen LogP contribution in [0.1, 0.15) is 72.6 Å². The number of rotatable bonds is 13. The van der Waals surface area contributed by atoms with Gasteiger partial charge in [0.15, 0.2) is 0 Å². The normalized spacial score (nSPS) is 14.1. The van der Waals surface area contributed by atoms with Crippen LogP contribution in [0.4, 0.5) is 0 Å². The Morgan fingerprint density at radius 1 is 0.850 bits per heavy atom. The van der Waals surface area contributed by atoms with Crippen LogP contribution in [0.15, 0.2) is 12.2 Å². The van der Waals surface area contributed by atoms with Crippen LogP contribution in [0.2, 0.25) is 17.7 Å². The first-order valence-corrected chi connectivity index (χ1v) is 17.0. The van der Waals surface area contributed by atoms with E-state index in [1.807, 2.05) is 6.92 Å². The van der Waals surface area contributed by atoms with Gasteiger partial charge < -0.3 is 0 Å². The second-order valence-corrected chi connectivity index (χ2v) is 20.6. The summed E-state index contributed by atoms with van der Waals surface area (Å²) >= 11 is -1.93. The average molecular weight is 389 g/mol. The zero-order chi connectivity index (χ0) is 15.3. The van der Waals surface area contributed by atoms with Crippen molar-refractivity contribution in [3.63, 3.8) is 0 Å². The fourth-order valence-corrected chi connectivity index (χ4v) is 18.2. The summed E-state index contributed by atoms with van der Waals surface area (Å²) in [7, 11) is 0. The van der Waals surface area contributed by atoms with Crippen LogP contribution in [-0.4, -0.2) is 29.6 Å². The molecule has 0 aliphatic rings. The first-order chi connectivity index (χ1) is 9.60. The fourth-order valence-electron chi connectivity index (χ4n) is 2.96. The van der Waals surface area contributed by atoms with E-state index in [2.05, 4.69) is 32.9 Å². The molecule has 0 fully saturated rings. The molecule has 0 bridgehead atoms. The van der Waals surface area contributed by atoms with E-state index >= 15 is 0 Å². The van der Waals surface area contributed by atoms with E-state index < -0.39 is 18.4 Å². The summed E-state index contributed by atoms with van der Waals surface area (Å²) in [4.78, 5) is 0. The minimum atomic E-state index is -1.93. The fraction of sp³-hybridized carbons (Fsp3) is 0.889. The van der Waals surface area contributed by atoms with Gasteiger partial charge in [-0.25, -0.2) is 0 Å². The molecule has 0 heterocycles. The Morgan fingerprint density at radius 2 is 1.30 bits per heavy atom. The number of hydrogen-bond donors (Lipinski definition) is 1. The van der Waals surface area contributed by atoms with Crippen molar-refractivity contribution in [2.45, 2.75) is 96.5 Å². The van der Waals surface area contributed by atoms with Crippen molar-refractivity contribution in [2.24, 2.45) is 0 Å². The van der Waals surface area contributed by atoms with E-state index in [0.717, 1.165) is 6.42 Å². The van der Waals surface area contributed by atoms with Crippen molar-refractivity contribution in [2.75, 3.05) is 0 Å². The molecule has 1 atom stereocenters. The van der Waals surface area contributed by atoms with Crippen LogP contribution in [0, 0.1) is 0 Å². The molecule has 0 saturated heterocycles. The zero-order valence-corrected chi connectivity index (χ0v) is 17.3. The van der Waals surface area contributed by atoms with Gasteiger partial charge in [-0.3, -0.25) is 0 Å². The maximum atomic E-state index is 9.37. The number of allylic oxidation sites excluding steroid dienone is 1. The predicted molar refractivity (Wildman–Crippen MR) is 95.1 cm³/mol. The zero-order valence-electron chi connectivity index (χ0n) is 14.5. The molecule has 120 valence electrons. The van der Waals surface area contributed by atoms with Gasteiger partial charge in [-0.2, -0.15) is 0 Å². The van der Waals surface area contributed by atoms with Crippen LogP contribution in [0.3, 0.4) is 0 Å². The molecule has 0 aliphatic heterocycles. The molecule has 20 heavy (non-hydrogen) atoms. The first kappa shape index (κ1) is 20.5. The molecular formula is C18H38OSn. The Bertz CT molecular complexity index is 214. The van der Waals surface area contributed by atoms with Crippen molar-refractivity contribution in [1.82, 2.24) is 0 Å². The SMILES string of the molecule is CCC[CH2][Sn]([CH2]/C=C/C[C@@H](C)O)([CH2]CCC)[CH2]CCC. The van der Waals surface area contributed by atoms with E-state index in [1.54, 1.807) is 13.3 Å². The van der Waals surface area contributed by atoms with Gasteiger partial charge in [0.25, 0.3) is 0 Å². The third-order valence-electron chi connectivity index (χ3n) is 4.38. The monoisotopic (exact) mass is 390 g/mol. The van der Waals surface area contributed by atoms with Gasteiger partial charge >= 0.3 is 132 Å². The molecule has 2 heteroatoms. The van der Waals surface area contributed by atoms with Crippen molar-refractivity contribution >= 4 is 18.4 Å². The molecule has 0 radical (unpaired) electrons. The van der Waals surface area contributed by atoms with E-state index in [-0.39, 0.29) is 6.10 Å². The Morgan fingerprint density at radius 3 is 1.65 bits per heavy atom. The molecule has 0 rings (SSSR count). The molecule has 0 amide bonds. The third kappa shape index (κ3) is 10.3. The summed E-state index contributed by atoms with van der Waals surface area (Å²) in [5.74, 6) is 0. The summed E-state index contributed by atoms with van der Waals surface area (Å²) in [5.41, 5.74) is 0. The summed E-state index contributed by atoms with van der Waals surface area (Å²) in [6, 6.07) is 0. The van der Waals surface area contributed by atoms with Gasteiger partial charge in [-0.05, 0) is 0 Å². The third-order valence-corrected chi connectivity index (χ3v) is 19.6. The molecule has 0 spiro atoms. The molecule has 0 unspecified atom stereocenters. The summed E-state index contributed by atoms with van der Waals surface area (Å²) in [6.45, 7) is 8.88. The molecule has 0 aromatic carbocycles. The van der Waals surface area contributed by atoms with Crippen molar-refractivity contribution < 1.29 is 5.11 Å². The van der Waals surface area contributed by atoms with Gasteiger partial charge in [0, 0.05) is 0 Å². The number of unbranched alkanes of at least 4 members (excludes halogenated alkanes) is 3. The molecule has 0 aliphatic carbocycles. The van der Waals surface area contributed by atoms with Crippen LogP contribution >= 0.6 is 0 Å². The Kier molecular flexibility index (Phi) is 13.5. The van der Waals surface area contributed by atoms with Crippen LogP contribution in [-0.2, 0) is 0 Å². The van der Waals surface area contributed by atoms with E-state index in [0.29, 0.717) is 0 Å². The second-order valence-electron chi connectivity index (χ2n) is 6.57. The standard InChI is InChI=1S/C6H11O.3C4H9.Sn/c1-3-4-5-6(2)7;3*1-3-4-2;/h3-4,6-7H,1,5H2,2H3;3*1,3-4H2,2H3;/b4-3+;;;;/t6-;;;;/m1..../s1. The number of hydrogen-bond acceptors (Lipinski definition) is 1. The van der Waals surface area contributed by atoms with Crippen molar-refractivity contribution in [3.05, 3.63) is 12.2 Å². The van der Waals surface area contributed by atoms with E-state index in [9.17, 15) is 5.11 Å². The average Bonchev–Trinajstić information content (AvgIpc) is 2.44. The molecule has 0 aromatic heterocycles. The van der Waals surface area contributed by atoms with Gasteiger partial charge in [-0.15, -0.1) is 0 Å². The molecule has 0 aromatic rings. The van der Waals surface area contributed by atoms with Crippen LogP contribution in [0.5, 0.6) is 0 Å². The van der Waals surface area contributed by atoms with E-state index in [1.165, 1.54) is 43.0 Å². The Balaban J connectivity index is 4.61. The number of aliphatic hydroxyl groups is 1. The molecule has 1 nitrogen and oxygen atoms in total. The van der Waals surface area contributed by atoms with Crippen LogP contribution in [0.25, 0.3) is 0 Å². The van der Waals surface area contributed by atoms with Gasteiger partial charge in [-0.1, -0.05) is 0 Å². The second kappa shape index (κ2) is 13.2. The van der Waals surface area contributed by atoms with Gasteiger partial charge in [0.2, 0.25) is 0 Å². The molecule has 0 saturated carbocycles. The van der Waals surface area contributed by atoms with Crippen molar-refractivity contribution in [1.29, 1.82) is 0 Å². The number of aliphatic hydroxyl groups excluding tert-OH is 1. The molecule has 1 N–H and O–H groups in total. The van der Waals surface area contributed by atoms with E-state index in [4.69, 9.17) is 0 Å². The maximum absolute atomic E-state index is 9.37. The topological polar surface area (TPSA) is 20.2 Å². The minimum absolute atomic E-state index is 0.183. The summed E-state index contributed by atoms with van der Waals surface area (Å²) in [5, 5.41) is 9.37.